The highest BCUT2D eigenvalue weighted by Gasteiger charge is 2.29. The average molecular weight is 218 g/mol. The number of rotatable bonds is 1. The normalized spacial score (nSPS) is 21.0. The molecule has 1 aliphatic rings. The highest BCUT2D eigenvalue weighted by molar-refractivity contribution is 6.31. The summed E-state index contributed by atoms with van der Waals surface area (Å²) >= 11 is 5.93. The molecule has 1 aliphatic carbocycles. The molecule has 1 aromatic heterocycles. The second-order valence-corrected chi connectivity index (χ2v) is 3.90. The molecule has 0 N–H and O–H groups in total. The number of hydrogen-bond donors (Lipinski definition) is 0. The number of pyridine rings is 1. The molecule has 1 nitrogen and oxygen atoms in total. The standard InChI is InChI=1S/C10H10ClF2N/c11-8-4-5-14-9-6(8)2-1-3-7(9)10(12)13/h4-5,7,10H,1-3H2. The van der Waals surface area contributed by atoms with E-state index >= 15 is 0 Å². The van der Waals surface area contributed by atoms with Gasteiger partial charge in [-0.25, -0.2) is 8.78 Å². The zero-order valence-corrected chi connectivity index (χ0v) is 8.27. The summed E-state index contributed by atoms with van der Waals surface area (Å²) in [4.78, 5) is 4.02. The van der Waals surface area contributed by atoms with Crippen LogP contribution in [-0.2, 0) is 6.42 Å². The molecular weight excluding hydrogens is 208 g/mol. The summed E-state index contributed by atoms with van der Waals surface area (Å²) in [5, 5.41) is 0.570. The van der Waals surface area contributed by atoms with E-state index in [9.17, 15) is 8.78 Å². The molecule has 14 heavy (non-hydrogen) atoms. The third-order valence-corrected chi connectivity index (χ3v) is 2.98. The van der Waals surface area contributed by atoms with E-state index in [0.717, 1.165) is 18.4 Å². The molecule has 76 valence electrons. The predicted molar refractivity (Wildman–Crippen MR) is 50.9 cm³/mol. The zero-order chi connectivity index (χ0) is 10.1. The van der Waals surface area contributed by atoms with Gasteiger partial charge in [-0.3, -0.25) is 4.98 Å². The van der Waals surface area contributed by atoms with Gasteiger partial charge in [0, 0.05) is 11.2 Å². The van der Waals surface area contributed by atoms with Crippen LogP contribution in [0, 0.1) is 0 Å². The van der Waals surface area contributed by atoms with E-state index in [2.05, 4.69) is 4.98 Å². The van der Waals surface area contributed by atoms with E-state index in [-0.39, 0.29) is 0 Å². The van der Waals surface area contributed by atoms with Crippen LogP contribution in [0.2, 0.25) is 5.02 Å². The smallest absolute Gasteiger partial charge is 0.246 e. The fourth-order valence-corrected chi connectivity index (χ4v) is 2.18. The molecule has 0 amide bonds. The molecule has 0 radical (unpaired) electrons. The van der Waals surface area contributed by atoms with Crippen LogP contribution in [0.3, 0.4) is 0 Å². The summed E-state index contributed by atoms with van der Waals surface area (Å²) in [6.07, 6.45) is 1.22. The Morgan fingerprint density at radius 3 is 3.00 bits per heavy atom. The largest absolute Gasteiger partial charge is 0.260 e. The van der Waals surface area contributed by atoms with E-state index in [0.29, 0.717) is 17.1 Å². The maximum absolute atomic E-state index is 12.6. The average Bonchev–Trinajstić information content (AvgIpc) is 2.17. The summed E-state index contributed by atoms with van der Waals surface area (Å²) in [5.74, 6) is -0.725. The molecular formula is C10H10ClF2N. The van der Waals surface area contributed by atoms with Crippen LogP contribution in [0.1, 0.15) is 30.0 Å². The number of nitrogens with zero attached hydrogens (tertiary/aromatic N) is 1. The van der Waals surface area contributed by atoms with Crippen molar-refractivity contribution in [3.05, 3.63) is 28.5 Å². The van der Waals surface area contributed by atoms with Gasteiger partial charge in [-0.15, -0.1) is 0 Å². The fraction of sp³-hybridized carbons (Fsp3) is 0.500. The third-order valence-electron chi connectivity index (χ3n) is 2.63. The molecule has 0 bridgehead atoms. The molecule has 0 spiro atoms. The van der Waals surface area contributed by atoms with Gasteiger partial charge in [0.25, 0.3) is 0 Å². The molecule has 0 saturated heterocycles. The minimum atomic E-state index is -2.33. The van der Waals surface area contributed by atoms with Crippen molar-refractivity contribution >= 4 is 11.6 Å². The van der Waals surface area contributed by atoms with Crippen molar-refractivity contribution in [2.75, 3.05) is 0 Å². The monoisotopic (exact) mass is 217 g/mol. The Morgan fingerprint density at radius 1 is 1.50 bits per heavy atom. The highest BCUT2D eigenvalue weighted by Crippen LogP contribution is 2.37. The molecule has 2 rings (SSSR count). The first-order valence-corrected chi connectivity index (χ1v) is 4.99. The van der Waals surface area contributed by atoms with Crippen molar-refractivity contribution in [2.24, 2.45) is 0 Å². The molecule has 1 atom stereocenters. The number of hydrogen-bond acceptors (Lipinski definition) is 1. The molecule has 0 fully saturated rings. The van der Waals surface area contributed by atoms with Gasteiger partial charge in [0.15, 0.2) is 0 Å². The van der Waals surface area contributed by atoms with Gasteiger partial charge in [-0.05, 0) is 30.9 Å². The van der Waals surface area contributed by atoms with Gasteiger partial charge < -0.3 is 0 Å². The zero-order valence-electron chi connectivity index (χ0n) is 7.51. The number of halogens is 3. The lowest BCUT2D eigenvalue weighted by Gasteiger charge is -2.24. The number of fused-ring (bicyclic) bond motifs is 1. The van der Waals surface area contributed by atoms with Crippen LogP contribution >= 0.6 is 11.6 Å². The van der Waals surface area contributed by atoms with E-state index in [1.807, 2.05) is 0 Å². The van der Waals surface area contributed by atoms with Crippen molar-refractivity contribution in [3.8, 4) is 0 Å². The summed E-state index contributed by atoms with van der Waals surface area (Å²) in [6, 6.07) is 1.66. The Morgan fingerprint density at radius 2 is 2.29 bits per heavy atom. The Labute approximate surface area is 86.1 Å². The first-order chi connectivity index (χ1) is 6.70. The first kappa shape index (κ1) is 9.84. The van der Waals surface area contributed by atoms with Crippen LogP contribution in [0.4, 0.5) is 8.78 Å². The highest BCUT2D eigenvalue weighted by atomic mass is 35.5. The minimum Gasteiger partial charge on any atom is -0.260 e. The summed E-state index contributed by atoms with van der Waals surface area (Å²) < 4.78 is 25.3. The topological polar surface area (TPSA) is 12.9 Å². The number of alkyl halides is 2. The third kappa shape index (κ3) is 1.61. The van der Waals surface area contributed by atoms with Crippen LogP contribution in [-0.4, -0.2) is 11.4 Å². The van der Waals surface area contributed by atoms with E-state index in [1.54, 1.807) is 6.07 Å². The van der Waals surface area contributed by atoms with Crippen molar-refractivity contribution in [3.63, 3.8) is 0 Å². The Kier molecular flexibility index (Phi) is 2.68. The maximum atomic E-state index is 12.6. The van der Waals surface area contributed by atoms with Crippen molar-refractivity contribution in [1.29, 1.82) is 0 Å². The van der Waals surface area contributed by atoms with E-state index in [4.69, 9.17) is 11.6 Å². The molecule has 0 saturated carbocycles. The van der Waals surface area contributed by atoms with Crippen LogP contribution in [0.15, 0.2) is 12.3 Å². The lowest BCUT2D eigenvalue weighted by atomic mass is 9.87. The molecule has 0 aromatic carbocycles. The first-order valence-electron chi connectivity index (χ1n) is 4.61. The van der Waals surface area contributed by atoms with Crippen LogP contribution in [0.5, 0.6) is 0 Å². The molecule has 1 heterocycles. The fourth-order valence-electron chi connectivity index (χ4n) is 1.93. The van der Waals surface area contributed by atoms with E-state index < -0.39 is 12.3 Å². The Hall–Kier alpha value is -0.700. The second-order valence-electron chi connectivity index (χ2n) is 3.49. The minimum absolute atomic E-state index is 0.499. The molecule has 4 heteroatoms. The van der Waals surface area contributed by atoms with Crippen LogP contribution < -0.4 is 0 Å². The van der Waals surface area contributed by atoms with Crippen molar-refractivity contribution in [1.82, 2.24) is 4.98 Å². The predicted octanol–water partition coefficient (Wildman–Crippen LogP) is 3.42. The lowest BCUT2D eigenvalue weighted by Crippen LogP contribution is -2.18. The summed E-state index contributed by atoms with van der Waals surface area (Å²) in [7, 11) is 0. The van der Waals surface area contributed by atoms with Gasteiger partial charge in [-0.1, -0.05) is 11.6 Å². The lowest BCUT2D eigenvalue weighted by molar-refractivity contribution is 0.104. The second kappa shape index (κ2) is 3.81. The van der Waals surface area contributed by atoms with Gasteiger partial charge in [0.05, 0.1) is 11.6 Å². The van der Waals surface area contributed by atoms with Crippen LogP contribution in [0.25, 0.3) is 0 Å². The van der Waals surface area contributed by atoms with Gasteiger partial charge in [-0.2, -0.15) is 0 Å². The number of aromatic nitrogens is 1. The van der Waals surface area contributed by atoms with Crippen molar-refractivity contribution < 1.29 is 8.78 Å². The Bertz CT molecular complexity index is 341. The molecule has 1 aromatic rings. The summed E-state index contributed by atoms with van der Waals surface area (Å²) in [6.45, 7) is 0. The van der Waals surface area contributed by atoms with Gasteiger partial charge in [0.2, 0.25) is 6.43 Å². The SMILES string of the molecule is FC(F)C1CCCc2c(Cl)ccnc21. The Balaban J connectivity index is 2.44. The van der Waals surface area contributed by atoms with Crippen molar-refractivity contribution in [2.45, 2.75) is 31.6 Å². The molecule has 0 aliphatic heterocycles. The quantitative estimate of drug-likeness (QED) is 0.703. The summed E-state index contributed by atoms with van der Waals surface area (Å²) in [5.41, 5.74) is 1.31. The van der Waals surface area contributed by atoms with Gasteiger partial charge in [0.1, 0.15) is 0 Å². The van der Waals surface area contributed by atoms with Gasteiger partial charge >= 0.3 is 0 Å². The maximum Gasteiger partial charge on any atom is 0.246 e. The molecule has 1 unspecified atom stereocenters. The van der Waals surface area contributed by atoms with E-state index in [1.165, 1.54) is 6.20 Å².